The number of ether oxygens (including phenoxy) is 1. The van der Waals surface area contributed by atoms with Crippen molar-refractivity contribution < 1.29 is 27.4 Å². The standard InChI is InChI=1S/C14H13Cl2FN2O5S/c1-6(14(20)21)24-10-4-7(9(17)5-8(10)15)12-11(16)13(19(2)18-12)25(3,22)23/h4-6H,1-3H3,(H,20,21). The van der Waals surface area contributed by atoms with Crippen LogP contribution in [-0.4, -0.2) is 41.6 Å². The monoisotopic (exact) mass is 410 g/mol. The lowest BCUT2D eigenvalue weighted by Crippen LogP contribution is -2.23. The molecule has 1 atom stereocenters. The molecule has 1 heterocycles. The molecule has 136 valence electrons. The van der Waals surface area contributed by atoms with Crippen molar-refractivity contribution in [3.8, 4) is 17.0 Å². The minimum Gasteiger partial charge on any atom is -0.479 e. The van der Waals surface area contributed by atoms with E-state index in [1.165, 1.54) is 14.0 Å². The number of aliphatic carboxylic acids is 1. The zero-order valence-corrected chi connectivity index (χ0v) is 15.6. The Balaban J connectivity index is 2.63. The van der Waals surface area contributed by atoms with Crippen molar-refractivity contribution in [2.75, 3.05) is 6.26 Å². The van der Waals surface area contributed by atoms with Gasteiger partial charge in [0, 0.05) is 18.9 Å². The SMILES string of the molecule is CC(Oc1cc(-c2nn(C)c(S(C)(=O)=O)c2Cl)c(F)cc1Cl)C(=O)O. The van der Waals surface area contributed by atoms with E-state index in [-0.39, 0.29) is 32.1 Å². The van der Waals surface area contributed by atoms with E-state index in [9.17, 15) is 17.6 Å². The van der Waals surface area contributed by atoms with E-state index in [2.05, 4.69) is 5.10 Å². The molecule has 0 amide bonds. The van der Waals surface area contributed by atoms with Crippen LogP contribution in [0.1, 0.15) is 6.92 Å². The Morgan fingerprint density at radius 2 is 2.00 bits per heavy atom. The van der Waals surface area contributed by atoms with E-state index < -0.39 is 27.7 Å². The molecule has 7 nitrogen and oxygen atoms in total. The second-order valence-corrected chi connectivity index (χ2v) is 7.94. The van der Waals surface area contributed by atoms with Gasteiger partial charge in [0.2, 0.25) is 0 Å². The fourth-order valence-electron chi connectivity index (χ4n) is 2.10. The van der Waals surface area contributed by atoms with Crippen molar-refractivity contribution in [2.45, 2.75) is 18.1 Å². The minimum absolute atomic E-state index is 0.101. The van der Waals surface area contributed by atoms with Gasteiger partial charge in [0.1, 0.15) is 22.3 Å². The summed E-state index contributed by atoms with van der Waals surface area (Å²) in [6.07, 6.45) is -0.289. The van der Waals surface area contributed by atoms with Gasteiger partial charge in [-0.25, -0.2) is 17.6 Å². The van der Waals surface area contributed by atoms with Crippen molar-refractivity contribution in [2.24, 2.45) is 7.05 Å². The average Bonchev–Trinajstić information content (AvgIpc) is 2.76. The zero-order valence-electron chi connectivity index (χ0n) is 13.2. The maximum absolute atomic E-state index is 14.3. The zero-order chi connectivity index (χ0) is 19.1. The van der Waals surface area contributed by atoms with Gasteiger partial charge in [0.25, 0.3) is 0 Å². The molecule has 1 aromatic carbocycles. The Morgan fingerprint density at radius 3 is 2.48 bits per heavy atom. The number of sulfone groups is 1. The number of carboxylic acid groups (broad SMARTS) is 1. The summed E-state index contributed by atoms with van der Waals surface area (Å²) in [6.45, 7) is 1.28. The van der Waals surface area contributed by atoms with Gasteiger partial charge in [0.05, 0.1) is 5.02 Å². The van der Waals surface area contributed by atoms with E-state index in [1.807, 2.05) is 0 Å². The van der Waals surface area contributed by atoms with Crippen LogP contribution in [0, 0.1) is 5.82 Å². The Kier molecular flexibility index (Phi) is 5.31. The molecule has 0 fully saturated rings. The Bertz CT molecular complexity index is 959. The first-order chi connectivity index (χ1) is 11.4. The maximum atomic E-state index is 14.3. The number of benzene rings is 1. The summed E-state index contributed by atoms with van der Waals surface area (Å²) in [5, 5.41) is 12.2. The summed E-state index contributed by atoms with van der Waals surface area (Å²) in [7, 11) is -2.35. The molecule has 25 heavy (non-hydrogen) atoms. The molecular formula is C14H13Cl2FN2O5S. The summed E-state index contributed by atoms with van der Waals surface area (Å²) in [4.78, 5) is 10.9. The molecule has 0 aliphatic heterocycles. The third-order valence-electron chi connectivity index (χ3n) is 3.22. The lowest BCUT2D eigenvalue weighted by atomic mass is 10.1. The number of aromatic nitrogens is 2. The predicted molar refractivity (Wildman–Crippen MR) is 89.5 cm³/mol. The number of aryl methyl sites for hydroxylation is 1. The van der Waals surface area contributed by atoms with Crippen molar-refractivity contribution >= 4 is 39.0 Å². The normalized spacial score (nSPS) is 12.9. The number of carbonyl (C=O) groups is 1. The van der Waals surface area contributed by atoms with Crippen molar-refractivity contribution in [1.82, 2.24) is 9.78 Å². The van der Waals surface area contributed by atoms with Crippen molar-refractivity contribution in [1.29, 1.82) is 0 Å². The summed E-state index contributed by atoms with van der Waals surface area (Å²) < 4.78 is 44.1. The fourth-order valence-corrected chi connectivity index (χ4v) is 3.92. The molecule has 1 unspecified atom stereocenters. The van der Waals surface area contributed by atoms with Gasteiger partial charge in [0.15, 0.2) is 21.0 Å². The van der Waals surface area contributed by atoms with Gasteiger partial charge in [-0.1, -0.05) is 23.2 Å². The van der Waals surface area contributed by atoms with Crippen LogP contribution in [0.25, 0.3) is 11.3 Å². The first kappa shape index (κ1) is 19.5. The molecule has 1 N–H and O–H groups in total. The fraction of sp³-hybridized carbons (Fsp3) is 0.286. The summed E-state index contributed by atoms with van der Waals surface area (Å²) >= 11 is 11.9. The van der Waals surface area contributed by atoms with E-state index in [0.717, 1.165) is 23.1 Å². The van der Waals surface area contributed by atoms with Crippen molar-refractivity contribution in [3.63, 3.8) is 0 Å². The topological polar surface area (TPSA) is 98.5 Å². The second kappa shape index (κ2) is 6.81. The van der Waals surface area contributed by atoms with E-state index in [4.69, 9.17) is 33.0 Å². The lowest BCUT2D eigenvalue weighted by Gasteiger charge is -2.13. The van der Waals surface area contributed by atoms with E-state index in [0.29, 0.717) is 0 Å². The largest absolute Gasteiger partial charge is 0.479 e. The number of carboxylic acids is 1. The van der Waals surface area contributed by atoms with Crippen LogP contribution < -0.4 is 4.74 Å². The van der Waals surface area contributed by atoms with E-state index in [1.54, 1.807) is 0 Å². The summed E-state index contributed by atoms with van der Waals surface area (Å²) in [5.41, 5.74) is -0.306. The first-order valence-corrected chi connectivity index (χ1v) is 9.39. The highest BCUT2D eigenvalue weighted by Crippen LogP contribution is 2.38. The van der Waals surface area contributed by atoms with Crippen molar-refractivity contribution in [3.05, 3.63) is 28.0 Å². The molecule has 0 aliphatic rings. The van der Waals surface area contributed by atoms with Gasteiger partial charge in [-0.2, -0.15) is 5.10 Å². The molecule has 0 bridgehead atoms. The molecular weight excluding hydrogens is 398 g/mol. The van der Waals surface area contributed by atoms with Crippen LogP contribution in [0.2, 0.25) is 10.0 Å². The first-order valence-electron chi connectivity index (χ1n) is 6.75. The van der Waals surface area contributed by atoms with Gasteiger partial charge in [-0.3, -0.25) is 4.68 Å². The predicted octanol–water partition coefficient (Wildman–Crippen LogP) is 2.79. The molecule has 2 aromatic rings. The number of halogens is 3. The molecule has 11 heteroatoms. The highest BCUT2D eigenvalue weighted by molar-refractivity contribution is 7.90. The third-order valence-corrected chi connectivity index (χ3v) is 5.16. The maximum Gasteiger partial charge on any atom is 0.344 e. The highest BCUT2D eigenvalue weighted by atomic mass is 35.5. The third kappa shape index (κ3) is 3.88. The van der Waals surface area contributed by atoms with Gasteiger partial charge >= 0.3 is 5.97 Å². The lowest BCUT2D eigenvalue weighted by molar-refractivity contribution is -0.144. The van der Waals surface area contributed by atoms with Gasteiger partial charge in [-0.15, -0.1) is 0 Å². The smallest absolute Gasteiger partial charge is 0.344 e. The molecule has 0 aliphatic carbocycles. The Morgan fingerprint density at radius 1 is 1.40 bits per heavy atom. The molecule has 1 aromatic heterocycles. The van der Waals surface area contributed by atoms with Gasteiger partial charge in [-0.05, 0) is 19.1 Å². The summed E-state index contributed by atoms with van der Waals surface area (Å²) in [5.74, 6) is -2.16. The van der Waals surface area contributed by atoms with Crippen LogP contribution in [0.4, 0.5) is 4.39 Å². The number of rotatable bonds is 5. The van der Waals surface area contributed by atoms with Crippen LogP contribution in [-0.2, 0) is 21.7 Å². The molecule has 0 radical (unpaired) electrons. The van der Waals surface area contributed by atoms with Crippen LogP contribution in [0.5, 0.6) is 5.75 Å². The second-order valence-electron chi connectivity index (χ2n) is 5.22. The Hall–Kier alpha value is -1.84. The summed E-state index contributed by atoms with van der Waals surface area (Å²) in [6, 6.07) is 2.03. The molecule has 0 saturated heterocycles. The molecule has 2 rings (SSSR count). The highest BCUT2D eigenvalue weighted by Gasteiger charge is 2.26. The number of hydrogen-bond donors (Lipinski definition) is 1. The van der Waals surface area contributed by atoms with Crippen LogP contribution >= 0.6 is 23.2 Å². The van der Waals surface area contributed by atoms with Gasteiger partial charge < -0.3 is 9.84 Å². The molecule has 0 saturated carbocycles. The number of nitrogens with zero attached hydrogens (tertiary/aromatic N) is 2. The van der Waals surface area contributed by atoms with E-state index >= 15 is 0 Å². The number of hydrogen-bond acceptors (Lipinski definition) is 5. The molecule has 0 spiro atoms. The van der Waals surface area contributed by atoms with Crippen LogP contribution in [0.3, 0.4) is 0 Å². The average molecular weight is 411 g/mol. The van der Waals surface area contributed by atoms with Crippen LogP contribution in [0.15, 0.2) is 17.2 Å². The Labute approximate surface area is 152 Å². The quantitative estimate of drug-likeness (QED) is 0.813. The minimum atomic E-state index is -3.70.